The van der Waals surface area contributed by atoms with E-state index in [9.17, 15) is 0 Å². The molecule has 4 heteroatoms. The van der Waals surface area contributed by atoms with Gasteiger partial charge in [-0.05, 0) is 37.3 Å². The predicted octanol–water partition coefficient (Wildman–Crippen LogP) is 3.15. The van der Waals surface area contributed by atoms with Crippen LogP contribution < -0.4 is 0 Å². The van der Waals surface area contributed by atoms with E-state index < -0.39 is 0 Å². The second kappa shape index (κ2) is 4.19. The quantitative estimate of drug-likeness (QED) is 0.553. The van der Waals surface area contributed by atoms with Crippen molar-refractivity contribution >= 4 is 34.0 Å². The Morgan fingerprint density at radius 2 is 2.31 bits per heavy atom. The van der Waals surface area contributed by atoms with E-state index in [1.54, 1.807) is 12.3 Å². The summed E-state index contributed by atoms with van der Waals surface area (Å²) in [6.07, 6.45) is 1.70. The number of hydrogen-bond donors (Lipinski definition) is 0. The third kappa shape index (κ3) is 1.59. The van der Waals surface area contributed by atoms with E-state index in [0.29, 0.717) is 11.3 Å². The maximum atomic E-state index is 9.05. The Morgan fingerprint density at radius 3 is 3.00 bits per heavy atom. The topological polar surface area (TPSA) is 49.0 Å². The summed E-state index contributed by atoms with van der Waals surface area (Å²) in [6.45, 7) is 1.90. The van der Waals surface area contributed by atoms with Crippen molar-refractivity contribution in [1.29, 1.82) is 5.26 Å². The normalized spacial score (nSPS) is 9.50. The van der Waals surface area contributed by atoms with Gasteiger partial charge in [0.1, 0.15) is 0 Å². The average molecular weight is 225 g/mol. The molecule has 0 saturated carbocycles. The molecule has 0 fully saturated rings. The van der Waals surface area contributed by atoms with Crippen molar-refractivity contribution in [3.05, 3.63) is 35.5 Å². The van der Waals surface area contributed by atoms with E-state index in [-0.39, 0.29) is 0 Å². The van der Waals surface area contributed by atoms with E-state index in [1.807, 2.05) is 19.1 Å². The molecule has 1 aromatic carbocycles. The highest BCUT2D eigenvalue weighted by atomic mass is 32.1. The highest BCUT2D eigenvalue weighted by Gasteiger charge is 2.08. The van der Waals surface area contributed by atoms with Gasteiger partial charge in [-0.3, -0.25) is 4.98 Å². The van der Waals surface area contributed by atoms with Gasteiger partial charge in [0.2, 0.25) is 0 Å². The molecule has 3 nitrogen and oxygen atoms in total. The van der Waals surface area contributed by atoms with Crippen LogP contribution in [-0.2, 0) is 0 Å². The van der Waals surface area contributed by atoms with Crippen molar-refractivity contribution in [3.8, 4) is 6.07 Å². The SMILES string of the molecule is Cc1c(N=C=S)cc(C#N)c2cccnc12. The molecule has 16 heavy (non-hydrogen) atoms. The van der Waals surface area contributed by atoms with Gasteiger partial charge in [-0.25, -0.2) is 0 Å². The molecule has 0 amide bonds. The van der Waals surface area contributed by atoms with Crippen molar-refractivity contribution in [1.82, 2.24) is 4.98 Å². The van der Waals surface area contributed by atoms with Gasteiger partial charge in [0.25, 0.3) is 0 Å². The maximum Gasteiger partial charge on any atom is 0.0999 e. The molecule has 0 unspecified atom stereocenters. The molecule has 0 aliphatic carbocycles. The van der Waals surface area contributed by atoms with Crippen LogP contribution in [0.2, 0.25) is 0 Å². The minimum absolute atomic E-state index is 0.553. The second-order valence-corrected chi connectivity index (χ2v) is 3.47. The average Bonchev–Trinajstić information content (AvgIpc) is 2.33. The van der Waals surface area contributed by atoms with Crippen molar-refractivity contribution in [2.45, 2.75) is 6.92 Å². The fourth-order valence-corrected chi connectivity index (χ4v) is 1.72. The van der Waals surface area contributed by atoms with Crippen molar-refractivity contribution in [2.75, 3.05) is 0 Å². The molecule has 0 saturated heterocycles. The molecule has 0 N–H and O–H groups in total. The minimum atomic E-state index is 0.553. The monoisotopic (exact) mass is 225 g/mol. The van der Waals surface area contributed by atoms with Crippen LogP contribution >= 0.6 is 12.2 Å². The van der Waals surface area contributed by atoms with Gasteiger partial charge < -0.3 is 0 Å². The molecule has 2 rings (SSSR count). The molecule has 1 aromatic heterocycles. The summed E-state index contributed by atoms with van der Waals surface area (Å²) >= 11 is 4.58. The van der Waals surface area contributed by atoms with Gasteiger partial charge in [0, 0.05) is 17.1 Å². The summed E-state index contributed by atoms with van der Waals surface area (Å²) in [5, 5.41) is 12.2. The van der Waals surface area contributed by atoms with Gasteiger partial charge in [0.15, 0.2) is 0 Å². The summed E-state index contributed by atoms with van der Waals surface area (Å²) in [5.74, 6) is 0. The molecule has 0 atom stereocenters. The smallest absolute Gasteiger partial charge is 0.0999 e. The molecular formula is C12H7N3S. The van der Waals surface area contributed by atoms with Crippen LogP contribution in [0.4, 0.5) is 5.69 Å². The first kappa shape index (κ1) is 10.4. The number of nitrogens with zero attached hydrogens (tertiary/aromatic N) is 3. The largest absolute Gasteiger partial charge is 0.256 e. The van der Waals surface area contributed by atoms with Crippen molar-refractivity contribution < 1.29 is 0 Å². The van der Waals surface area contributed by atoms with Crippen molar-refractivity contribution in [2.24, 2.45) is 4.99 Å². The third-order valence-corrected chi connectivity index (χ3v) is 2.50. The summed E-state index contributed by atoms with van der Waals surface area (Å²) < 4.78 is 0. The zero-order valence-electron chi connectivity index (χ0n) is 8.56. The Kier molecular flexibility index (Phi) is 2.74. The molecule has 0 spiro atoms. The Labute approximate surface area is 98.1 Å². The highest BCUT2D eigenvalue weighted by molar-refractivity contribution is 7.78. The number of rotatable bonds is 1. The molecule has 2 aromatic rings. The second-order valence-electron chi connectivity index (χ2n) is 3.28. The van der Waals surface area contributed by atoms with Crippen LogP contribution in [0.3, 0.4) is 0 Å². The maximum absolute atomic E-state index is 9.05. The lowest BCUT2D eigenvalue weighted by Gasteiger charge is -2.05. The van der Waals surface area contributed by atoms with Gasteiger partial charge in [-0.15, -0.1) is 0 Å². The van der Waals surface area contributed by atoms with Gasteiger partial charge in [-0.2, -0.15) is 10.3 Å². The number of aromatic nitrogens is 1. The molecular weight excluding hydrogens is 218 g/mol. The lowest BCUT2D eigenvalue weighted by molar-refractivity contribution is 1.34. The number of fused-ring (bicyclic) bond motifs is 1. The van der Waals surface area contributed by atoms with E-state index in [1.165, 1.54) is 0 Å². The van der Waals surface area contributed by atoms with Crippen LogP contribution in [-0.4, -0.2) is 10.1 Å². The van der Waals surface area contributed by atoms with Gasteiger partial charge >= 0.3 is 0 Å². The van der Waals surface area contributed by atoms with Gasteiger partial charge in [-0.1, -0.05) is 0 Å². The first-order valence-corrected chi connectivity index (χ1v) is 5.05. The van der Waals surface area contributed by atoms with E-state index in [0.717, 1.165) is 16.5 Å². The summed E-state index contributed by atoms with van der Waals surface area (Å²) in [7, 11) is 0. The number of pyridine rings is 1. The molecule has 1 heterocycles. The lowest BCUT2D eigenvalue weighted by Crippen LogP contribution is -1.87. The number of aliphatic imine (C=N–C) groups is 1. The van der Waals surface area contributed by atoms with Crippen LogP contribution in [0, 0.1) is 18.3 Å². The number of aryl methyl sites for hydroxylation is 1. The summed E-state index contributed by atoms with van der Waals surface area (Å²) in [4.78, 5) is 8.20. The molecule has 0 bridgehead atoms. The van der Waals surface area contributed by atoms with Crippen LogP contribution in [0.25, 0.3) is 10.9 Å². The Morgan fingerprint density at radius 1 is 1.50 bits per heavy atom. The minimum Gasteiger partial charge on any atom is -0.256 e. The standard InChI is InChI=1S/C12H7N3S/c1-8-11(15-7-16)5-9(6-13)10-3-2-4-14-12(8)10/h2-5H,1H3. The third-order valence-electron chi connectivity index (χ3n) is 2.40. The van der Waals surface area contributed by atoms with Crippen molar-refractivity contribution in [3.63, 3.8) is 0 Å². The first-order valence-electron chi connectivity index (χ1n) is 4.64. The number of nitriles is 1. The lowest BCUT2D eigenvalue weighted by atomic mass is 10.0. The summed E-state index contributed by atoms with van der Waals surface area (Å²) in [5.41, 5.74) is 2.90. The first-order chi connectivity index (χ1) is 7.77. The molecule has 0 radical (unpaired) electrons. The van der Waals surface area contributed by atoms with Crippen LogP contribution in [0.5, 0.6) is 0 Å². The fraction of sp³-hybridized carbons (Fsp3) is 0.0833. The fourth-order valence-electron chi connectivity index (χ4n) is 1.62. The molecule has 0 aliphatic rings. The zero-order valence-corrected chi connectivity index (χ0v) is 9.38. The number of isothiocyanates is 1. The van der Waals surface area contributed by atoms with E-state index in [4.69, 9.17) is 5.26 Å². The van der Waals surface area contributed by atoms with E-state index in [2.05, 4.69) is 33.4 Å². The van der Waals surface area contributed by atoms with Gasteiger partial charge in [0.05, 0.1) is 28.0 Å². The van der Waals surface area contributed by atoms with E-state index >= 15 is 0 Å². The Balaban J connectivity index is 2.95. The number of thiocarbonyl (C=S) groups is 1. The Hall–Kier alpha value is -2.08. The zero-order chi connectivity index (χ0) is 11.5. The number of benzene rings is 1. The Bertz CT molecular complexity index is 649. The predicted molar refractivity (Wildman–Crippen MR) is 65.9 cm³/mol. The van der Waals surface area contributed by atoms with Crippen LogP contribution in [0.15, 0.2) is 29.4 Å². The number of hydrogen-bond acceptors (Lipinski definition) is 4. The van der Waals surface area contributed by atoms with Crippen LogP contribution in [0.1, 0.15) is 11.1 Å². The highest BCUT2D eigenvalue weighted by Crippen LogP contribution is 2.28. The molecule has 76 valence electrons. The molecule has 0 aliphatic heterocycles. The summed E-state index contributed by atoms with van der Waals surface area (Å²) in [6, 6.07) is 7.53.